The maximum Gasteiger partial charge on any atom is 0.250 e. The molecule has 0 aromatic carbocycles. The van der Waals surface area contributed by atoms with Crippen molar-refractivity contribution in [3.05, 3.63) is 32.9 Å². The Bertz CT molecular complexity index is 641. The van der Waals surface area contributed by atoms with Crippen LogP contribution in [0.3, 0.4) is 0 Å². The summed E-state index contributed by atoms with van der Waals surface area (Å²) in [5.74, 6) is 0. The van der Waals surface area contributed by atoms with Gasteiger partial charge in [-0.3, -0.25) is 5.10 Å². The van der Waals surface area contributed by atoms with E-state index in [0.29, 0.717) is 4.21 Å². The van der Waals surface area contributed by atoms with Crippen LogP contribution in [0.4, 0.5) is 0 Å². The van der Waals surface area contributed by atoms with Crippen molar-refractivity contribution in [1.82, 2.24) is 14.9 Å². The smallest absolute Gasteiger partial charge is 0.250 e. The van der Waals surface area contributed by atoms with Gasteiger partial charge in [0.2, 0.25) is 10.0 Å². The van der Waals surface area contributed by atoms with Crippen LogP contribution in [0.1, 0.15) is 17.0 Å². The van der Waals surface area contributed by atoms with E-state index in [1.165, 1.54) is 11.3 Å². The molecular formula is C10H12BrN3O2S2. The lowest BCUT2D eigenvalue weighted by atomic mass is 10.2. The van der Waals surface area contributed by atoms with Crippen molar-refractivity contribution in [1.29, 1.82) is 0 Å². The average Bonchev–Trinajstić information content (AvgIpc) is 2.85. The zero-order chi connectivity index (χ0) is 13.3. The fourth-order valence-electron chi connectivity index (χ4n) is 1.51. The number of halogens is 1. The van der Waals surface area contributed by atoms with Crippen LogP contribution in [0.15, 0.2) is 20.1 Å². The average molecular weight is 350 g/mol. The van der Waals surface area contributed by atoms with Crippen LogP contribution >= 0.6 is 27.3 Å². The highest BCUT2D eigenvalue weighted by Gasteiger charge is 2.17. The molecule has 2 N–H and O–H groups in total. The van der Waals surface area contributed by atoms with Gasteiger partial charge in [-0.2, -0.15) is 5.10 Å². The van der Waals surface area contributed by atoms with E-state index >= 15 is 0 Å². The standard InChI is InChI=1S/C10H12BrN3O2S2/c1-6-8(7(2)14-13-6)5-12-18(15,16)10-4-3-9(11)17-10/h3-4,12H,5H2,1-2H3,(H,13,14). The van der Waals surface area contributed by atoms with E-state index in [0.717, 1.165) is 20.7 Å². The van der Waals surface area contributed by atoms with Crippen molar-refractivity contribution in [2.24, 2.45) is 0 Å². The fraction of sp³-hybridized carbons (Fsp3) is 0.300. The Morgan fingerprint density at radius 2 is 2.17 bits per heavy atom. The molecule has 0 saturated carbocycles. The zero-order valence-corrected chi connectivity index (χ0v) is 13.0. The number of rotatable bonds is 4. The first kappa shape index (κ1) is 13.7. The lowest BCUT2D eigenvalue weighted by molar-refractivity contribution is 0.583. The molecule has 5 nitrogen and oxygen atoms in total. The predicted octanol–water partition coefficient (Wildman–Crippen LogP) is 2.33. The van der Waals surface area contributed by atoms with Crippen LogP contribution in [-0.2, 0) is 16.6 Å². The first-order valence-electron chi connectivity index (χ1n) is 5.15. The van der Waals surface area contributed by atoms with Crippen molar-refractivity contribution < 1.29 is 8.42 Å². The second kappa shape index (κ2) is 5.12. The highest BCUT2D eigenvalue weighted by atomic mass is 79.9. The van der Waals surface area contributed by atoms with E-state index in [2.05, 4.69) is 30.8 Å². The Morgan fingerprint density at radius 3 is 2.67 bits per heavy atom. The largest absolute Gasteiger partial charge is 0.282 e. The van der Waals surface area contributed by atoms with E-state index < -0.39 is 10.0 Å². The van der Waals surface area contributed by atoms with Crippen LogP contribution in [0.5, 0.6) is 0 Å². The summed E-state index contributed by atoms with van der Waals surface area (Å²) in [6, 6.07) is 3.29. The van der Waals surface area contributed by atoms with Gasteiger partial charge in [0.25, 0.3) is 0 Å². The summed E-state index contributed by atoms with van der Waals surface area (Å²) in [4.78, 5) is 0. The Hall–Kier alpha value is -0.700. The molecule has 0 aliphatic rings. The van der Waals surface area contributed by atoms with E-state index in [1.807, 2.05) is 13.8 Å². The van der Waals surface area contributed by atoms with Gasteiger partial charge >= 0.3 is 0 Å². The normalized spacial score (nSPS) is 11.9. The Kier molecular flexibility index (Phi) is 3.90. The number of hydrogen-bond donors (Lipinski definition) is 2. The minimum atomic E-state index is -3.45. The van der Waals surface area contributed by atoms with Gasteiger partial charge in [0.1, 0.15) is 4.21 Å². The number of nitrogens with zero attached hydrogens (tertiary/aromatic N) is 1. The molecule has 18 heavy (non-hydrogen) atoms. The van der Waals surface area contributed by atoms with Crippen LogP contribution < -0.4 is 4.72 Å². The number of aromatic amines is 1. The molecule has 0 spiro atoms. The van der Waals surface area contributed by atoms with Gasteiger partial charge in [0.05, 0.1) is 9.48 Å². The summed E-state index contributed by atoms with van der Waals surface area (Å²) in [6.07, 6.45) is 0. The molecule has 2 rings (SSSR count). The number of aromatic nitrogens is 2. The van der Waals surface area contributed by atoms with Crippen molar-refractivity contribution in [3.63, 3.8) is 0 Å². The summed E-state index contributed by atoms with van der Waals surface area (Å²) in [7, 11) is -3.45. The van der Waals surface area contributed by atoms with Gasteiger partial charge in [-0.1, -0.05) is 0 Å². The highest BCUT2D eigenvalue weighted by Crippen LogP contribution is 2.26. The molecule has 2 heterocycles. The van der Waals surface area contributed by atoms with Gasteiger partial charge in [-0.25, -0.2) is 13.1 Å². The molecule has 0 atom stereocenters. The number of hydrogen-bond acceptors (Lipinski definition) is 4. The van der Waals surface area contributed by atoms with Gasteiger partial charge in [0.15, 0.2) is 0 Å². The monoisotopic (exact) mass is 349 g/mol. The van der Waals surface area contributed by atoms with E-state index in [9.17, 15) is 8.42 Å². The van der Waals surface area contributed by atoms with Crippen molar-refractivity contribution in [2.75, 3.05) is 0 Å². The molecule has 2 aromatic rings. The number of sulfonamides is 1. The number of nitrogens with one attached hydrogen (secondary N) is 2. The number of H-pyrrole nitrogens is 1. The van der Waals surface area contributed by atoms with E-state index in [-0.39, 0.29) is 6.54 Å². The van der Waals surface area contributed by atoms with Crippen LogP contribution in [-0.4, -0.2) is 18.6 Å². The Balaban J connectivity index is 2.15. The molecule has 8 heteroatoms. The second-order valence-electron chi connectivity index (χ2n) is 3.80. The van der Waals surface area contributed by atoms with Crippen LogP contribution in [0.2, 0.25) is 0 Å². The van der Waals surface area contributed by atoms with Gasteiger partial charge in [0, 0.05) is 17.8 Å². The summed E-state index contributed by atoms with van der Waals surface area (Å²) >= 11 is 4.43. The lowest BCUT2D eigenvalue weighted by Gasteiger charge is -2.04. The minimum Gasteiger partial charge on any atom is -0.282 e. The molecule has 2 aromatic heterocycles. The molecule has 0 fully saturated rings. The predicted molar refractivity (Wildman–Crippen MR) is 74.1 cm³/mol. The van der Waals surface area contributed by atoms with Gasteiger partial charge in [-0.15, -0.1) is 11.3 Å². The maximum atomic E-state index is 12.0. The second-order valence-corrected chi connectivity index (χ2v) is 8.25. The van der Waals surface area contributed by atoms with Crippen molar-refractivity contribution >= 4 is 37.3 Å². The molecule has 0 aliphatic carbocycles. The van der Waals surface area contributed by atoms with Crippen molar-refractivity contribution in [2.45, 2.75) is 24.6 Å². The first-order chi connectivity index (χ1) is 8.40. The molecule has 0 unspecified atom stereocenters. The molecule has 0 bridgehead atoms. The molecule has 0 saturated heterocycles. The van der Waals surface area contributed by atoms with E-state index in [1.54, 1.807) is 12.1 Å². The number of thiophene rings is 1. The quantitative estimate of drug-likeness (QED) is 0.889. The third kappa shape index (κ3) is 2.82. The molecule has 98 valence electrons. The zero-order valence-electron chi connectivity index (χ0n) is 9.82. The topological polar surface area (TPSA) is 74.8 Å². The first-order valence-corrected chi connectivity index (χ1v) is 8.25. The minimum absolute atomic E-state index is 0.242. The molecular weight excluding hydrogens is 338 g/mol. The van der Waals surface area contributed by atoms with Crippen LogP contribution in [0.25, 0.3) is 0 Å². The Labute approximate surface area is 118 Å². The Morgan fingerprint density at radius 1 is 1.44 bits per heavy atom. The molecule has 0 radical (unpaired) electrons. The van der Waals surface area contributed by atoms with E-state index in [4.69, 9.17) is 0 Å². The lowest BCUT2D eigenvalue weighted by Crippen LogP contribution is -2.22. The molecule has 0 aliphatic heterocycles. The van der Waals surface area contributed by atoms with Gasteiger partial charge < -0.3 is 0 Å². The SMILES string of the molecule is Cc1n[nH]c(C)c1CNS(=O)(=O)c1ccc(Br)s1. The highest BCUT2D eigenvalue weighted by molar-refractivity contribution is 9.11. The number of aryl methyl sites for hydroxylation is 2. The molecule has 0 amide bonds. The van der Waals surface area contributed by atoms with Crippen molar-refractivity contribution in [3.8, 4) is 0 Å². The summed E-state index contributed by atoms with van der Waals surface area (Å²) < 4.78 is 27.7. The summed E-state index contributed by atoms with van der Waals surface area (Å²) in [6.45, 7) is 3.95. The summed E-state index contributed by atoms with van der Waals surface area (Å²) in [5, 5.41) is 6.86. The van der Waals surface area contributed by atoms with Crippen LogP contribution in [0, 0.1) is 13.8 Å². The summed E-state index contributed by atoms with van der Waals surface area (Å²) in [5.41, 5.74) is 2.57. The third-order valence-electron chi connectivity index (χ3n) is 2.53. The fourth-order valence-corrected chi connectivity index (χ4v) is 4.56. The third-order valence-corrected chi connectivity index (χ3v) is 6.05. The van der Waals surface area contributed by atoms with Gasteiger partial charge in [-0.05, 0) is 41.9 Å². The maximum absolute atomic E-state index is 12.0.